The molecule has 0 aliphatic carbocycles. The fourth-order valence-electron chi connectivity index (χ4n) is 1.27. The molecule has 0 saturated carbocycles. The van der Waals surface area contributed by atoms with Crippen LogP contribution in [0.25, 0.3) is 0 Å². The molecule has 0 unspecified atom stereocenters. The van der Waals surface area contributed by atoms with Gasteiger partial charge < -0.3 is 9.47 Å². The third-order valence-corrected chi connectivity index (χ3v) is 2.13. The van der Waals surface area contributed by atoms with Gasteiger partial charge in [0.1, 0.15) is 11.4 Å². The number of hydrogen-bond acceptors (Lipinski definition) is 5. The van der Waals surface area contributed by atoms with Crippen LogP contribution in [-0.2, 0) is 7.05 Å². The molecule has 0 N–H and O–H groups in total. The van der Waals surface area contributed by atoms with Crippen molar-refractivity contribution >= 4 is 0 Å². The van der Waals surface area contributed by atoms with Gasteiger partial charge in [0.2, 0.25) is 11.8 Å². The molecule has 0 aliphatic heterocycles. The number of alkyl halides is 2. The second-order valence-electron chi connectivity index (χ2n) is 3.37. The average molecular weight is 256 g/mol. The van der Waals surface area contributed by atoms with Crippen molar-refractivity contribution in [3.8, 4) is 17.5 Å². The van der Waals surface area contributed by atoms with Gasteiger partial charge in [-0.25, -0.2) is 13.5 Å². The van der Waals surface area contributed by atoms with Crippen LogP contribution in [0.4, 0.5) is 8.78 Å². The van der Waals surface area contributed by atoms with E-state index in [1.165, 1.54) is 31.1 Å². The average Bonchev–Trinajstić information content (AvgIpc) is 2.71. The highest BCUT2D eigenvalue weighted by Crippen LogP contribution is 2.25. The summed E-state index contributed by atoms with van der Waals surface area (Å²) >= 11 is 0. The van der Waals surface area contributed by atoms with Crippen LogP contribution in [-0.4, -0.2) is 27.1 Å². The van der Waals surface area contributed by atoms with Crippen molar-refractivity contribution in [1.29, 1.82) is 0 Å². The predicted molar refractivity (Wildman–Crippen MR) is 56.8 cm³/mol. The lowest BCUT2D eigenvalue weighted by Crippen LogP contribution is -1.98. The summed E-state index contributed by atoms with van der Waals surface area (Å²) in [5.74, 6) is 0.738. The standard InChI is InChI=1S/C10H10F2N4O2/c1-16-9(4-7(15-16)10(11)12)18-8-3-6(17-2)5-13-14-8/h3-5,10H,1-2H3. The zero-order valence-electron chi connectivity index (χ0n) is 9.67. The Morgan fingerprint density at radius 1 is 1.33 bits per heavy atom. The number of rotatable bonds is 4. The second kappa shape index (κ2) is 4.94. The van der Waals surface area contributed by atoms with Crippen molar-refractivity contribution in [2.75, 3.05) is 7.11 Å². The Hall–Kier alpha value is -2.25. The molecular formula is C10H10F2N4O2. The molecule has 2 aromatic heterocycles. The van der Waals surface area contributed by atoms with Gasteiger partial charge >= 0.3 is 0 Å². The molecule has 0 radical (unpaired) electrons. The highest BCUT2D eigenvalue weighted by Gasteiger charge is 2.15. The third-order valence-electron chi connectivity index (χ3n) is 2.13. The van der Waals surface area contributed by atoms with Gasteiger partial charge in [0.15, 0.2) is 0 Å². The molecule has 8 heteroatoms. The first kappa shape index (κ1) is 12.2. The lowest BCUT2D eigenvalue weighted by molar-refractivity contribution is 0.145. The minimum atomic E-state index is -2.65. The molecule has 0 atom stereocenters. The largest absolute Gasteiger partial charge is 0.495 e. The van der Waals surface area contributed by atoms with Gasteiger partial charge in [-0.2, -0.15) is 10.2 Å². The van der Waals surface area contributed by atoms with Crippen molar-refractivity contribution in [2.24, 2.45) is 7.05 Å². The molecule has 0 aromatic carbocycles. The lowest BCUT2D eigenvalue weighted by Gasteiger charge is -2.04. The van der Waals surface area contributed by atoms with Crippen molar-refractivity contribution < 1.29 is 18.3 Å². The van der Waals surface area contributed by atoms with E-state index in [1.54, 1.807) is 0 Å². The van der Waals surface area contributed by atoms with Crippen molar-refractivity contribution in [1.82, 2.24) is 20.0 Å². The molecule has 6 nitrogen and oxygen atoms in total. The van der Waals surface area contributed by atoms with E-state index in [1.807, 2.05) is 0 Å². The Labute approximate surface area is 101 Å². The molecule has 2 heterocycles. The van der Waals surface area contributed by atoms with Gasteiger partial charge in [-0.3, -0.25) is 0 Å². The number of hydrogen-bond donors (Lipinski definition) is 0. The van der Waals surface area contributed by atoms with Crippen molar-refractivity contribution in [3.05, 3.63) is 24.0 Å². The van der Waals surface area contributed by atoms with E-state index < -0.39 is 6.43 Å². The minimum Gasteiger partial charge on any atom is -0.495 e. The monoisotopic (exact) mass is 256 g/mol. The van der Waals surface area contributed by atoms with Crippen LogP contribution in [0.15, 0.2) is 18.3 Å². The van der Waals surface area contributed by atoms with Gasteiger partial charge in [0.05, 0.1) is 13.3 Å². The molecule has 2 rings (SSSR count). The summed E-state index contributed by atoms with van der Waals surface area (Å²) in [6, 6.07) is 2.63. The number of aromatic nitrogens is 4. The topological polar surface area (TPSA) is 62.1 Å². The first-order chi connectivity index (χ1) is 8.60. The summed E-state index contributed by atoms with van der Waals surface area (Å²) in [7, 11) is 2.97. The van der Waals surface area contributed by atoms with E-state index in [-0.39, 0.29) is 17.5 Å². The smallest absolute Gasteiger partial charge is 0.282 e. The number of halogens is 2. The van der Waals surface area contributed by atoms with Crippen molar-refractivity contribution in [2.45, 2.75) is 6.43 Å². The SMILES string of the molecule is COc1cnnc(Oc2cc(C(F)F)nn2C)c1. The Kier molecular flexibility index (Phi) is 3.35. The van der Waals surface area contributed by atoms with Crippen LogP contribution in [0.5, 0.6) is 17.5 Å². The second-order valence-corrected chi connectivity index (χ2v) is 3.37. The Morgan fingerprint density at radius 2 is 2.11 bits per heavy atom. The maximum atomic E-state index is 12.4. The minimum absolute atomic E-state index is 0.137. The fourth-order valence-corrected chi connectivity index (χ4v) is 1.27. The van der Waals surface area contributed by atoms with Crippen LogP contribution in [0, 0.1) is 0 Å². The van der Waals surface area contributed by atoms with E-state index in [0.717, 1.165) is 6.07 Å². The third kappa shape index (κ3) is 2.53. The fraction of sp³-hybridized carbons (Fsp3) is 0.300. The highest BCUT2D eigenvalue weighted by atomic mass is 19.3. The number of methoxy groups -OCH3 is 1. The maximum Gasteiger partial charge on any atom is 0.282 e. The first-order valence-corrected chi connectivity index (χ1v) is 4.97. The molecule has 0 spiro atoms. The van der Waals surface area contributed by atoms with Gasteiger partial charge in [0, 0.05) is 19.2 Å². The van der Waals surface area contributed by atoms with Crippen LogP contribution >= 0.6 is 0 Å². The van der Waals surface area contributed by atoms with Crippen LogP contribution in [0.2, 0.25) is 0 Å². The number of nitrogens with zero attached hydrogens (tertiary/aromatic N) is 4. The van der Waals surface area contributed by atoms with E-state index in [4.69, 9.17) is 9.47 Å². The van der Waals surface area contributed by atoms with E-state index >= 15 is 0 Å². The Balaban J connectivity index is 2.22. The molecule has 2 aromatic rings. The molecule has 0 bridgehead atoms. The van der Waals surface area contributed by atoms with E-state index in [0.29, 0.717) is 5.75 Å². The molecule has 18 heavy (non-hydrogen) atoms. The molecule has 96 valence electrons. The predicted octanol–water partition coefficient (Wildman–Crippen LogP) is 1.95. The van der Waals surface area contributed by atoms with Gasteiger partial charge in [0.25, 0.3) is 6.43 Å². The van der Waals surface area contributed by atoms with Crippen LogP contribution in [0.3, 0.4) is 0 Å². The lowest BCUT2D eigenvalue weighted by atomic mass is 10.4. The van der Waals surface area contributed by atoms with Crippen LogP contribution < -0.4 is 9.47 Å². The highest BCUT2D eigenvalue weighted by molar-refractivity contribution is 5.27. The Morgan fingerprint density at radius 3 is 2.72 bits per heavy atom. The van der Waals surface area contributed by atoms with Gasteiger partial charge in [-0.05, 0) is 0 Å². The molecule has 0 aliphatic rings. The molecule has 0 amide bonds. The number of aryl methyl sites for hydroxylation is 1. The summed E-state index contributed by atoms with van der Waals surface area (Å²) in [6.07, 6.45) is -1.24. The quantitative estimate of drug-likeness (QED) is 0.836. The summed E-state index contributed by atoms with van der Waals surface area (Å²) in [5.41, 5.74) is -0.358. The van der Waals surface area contributed by atoms with Crippen molar-refractivity contribution in [3.63, 3.8) is 0 Å². The summed E-state index contributed by atoms with van der Waals surface area (Å²) < 4.78 is 36.3. The van der Waals surface area contributed by atoms with E-state index in [9.17, 15) is 8.78 Å². The summed E-state index contributed by atoms with van der Waals surface area (Å²) in [5, 5.41) is 11.0. The summed E-state index contributed by atoms with van der Waals surface area (Å²) in [4.78, 5) is 0. The molecule has 0 fully saturated rings. The van der Waals surface area contributed by atoms with E-state index in [2.05, 4.69) is 15.3 Å². The Bertz CT molecular complexity index is 544. The number of ether oxygens (including phenoxy) is 2. The normalized spacial score (nSPS) is 10.7. The maximum absolute atomic E-state index is 12.4. The zero-order chi connectivity index (χ0) is 13.1. The first-order valence-electron chi connectivity index (χ1n) is 4.97. The summed E-state index contributed by atoms with van der Waals surface area (Å²) in [6.45, 7) is 0. The van der Waals surface area contributed by atoms with Gasteiger partial charge in [-0.1, -0.05) is 0 Å². The van der Waals surface area contributed by atoms with Crippen LogP contribution in [0.1, 0.15) is 12.1 Å². The molecular weight excluding hydrogens is 246 g/mol. The zero-order valence-corrected chi connectivity index (χ0v) is 9.67. The molecule has 0 saturated heterocycles. The van der Waals surface area contributed by atoms with Gasteiger partial charge in [-0.15, -0.1) is 5.10 Å².